The van der Waals surface area contributed by atoms with Gasteiger partial charge in [0.2, 0.25) is 5.91 Å². The van der Waals surface area contributed by atoms with E-state index in [1.165, 1.54) is 6.42 Å². The second-order valence-electron chi connectivity index (χ2n) is 7.78. The van der Waals surface area contributed by atoms with E-state index in [4.69, 9.17) is 0 Å². The van der Waals surface area contributed by atoms with Crippen molar-refractivity contribution in [2.45, 2.75) is 70.6 Å². The Morgan fingerprint density at radius 3 is 2.48 bits per heavy atom. The third-order valence-electron chi connectivity index (χ3n) is 5.45. The van der Waals surface area contributed by atoms with Crippen LogP contribution in [0.3, 0.4) is 0 Å². The van der Waals surface area contributed by atoms with E-state index in [-0.39, 0.29) is 12.0 Å². The molecule has 0 radical (unpaired) electrons. The molecule has 1 heterocycles. The van der Waals surface area contributed by atoms with Crippen molar-refractivity contribution in [1.29, 1.82) is 0 Å². The molecule has 0 aromatic rings. The second-order valence-corrected chi connectivity index (χ2v) is 7.78. The number of aliphatic hydroxyl groups excluding tert-OH is 1. The van der Waals surface area contributed by atoms with Crippen molar-refractivity contribution in [3.63, 3.8) is 0 Å². The van der Waals surface area contributed by atoms with Crippen LogP contribution in [-0.2, 0) is 4.79 Å². The Balaban J connectivity index is 1.66. The Hall–Kier alpha value is -0.650. The number of nitrogens with zero attached hydrogens (tertiary/aromatic N) is 2. The Labute approximate surface area is 141 Å². The van der Waals surface area contributed by atoms with Crippen LogP contribution in [0.15, 0.2) is 0 Å². The smallest absolute Gasteiger partial charge is 0.234 e. The minimum absolute atomic E-state index is 0.126. The lowest BCUT2D eigenvalue weighted by Crippen LogP contribution is -2.49. The molecule has 0 aromatic heterocycles. The van der Waals surface area contributed by atoms with Crippen LogP contribution in [0.5, 0.6) is 0 Å². The Bertz CT molecular complexity index is 367. The number of hydrogen-bond acceptors (Lipinski definition) is 4. The highest BCUT2D eigenvalue weighted by Crippen LogP contribution is 2.24. The normalized spacial score (nSPS) is 27.6. The van der Waals surface area contributed by atoms with Crippen molar-refractivity contribution in [2.75, 3.05) is 33.2 Å². The molecule has 1 saturated carbocycles. The molecular formula is C18H35N3O2. The van der Waals surface area contributed by atoms with E-state index in [1.807, 2.05) is 7.05 Å². The summed E-state index contributed by atoms with van der Waals surface area (Å²) in [6.45, 7) is 7.87. The number of nitrogens with one attached hydrogen (secondary N) is 1. The molecule has 5 heteroatoms. The summed E-state index contributed by atoms with van der Waals surface area (Å²) in [6, 6.07) is 0.922. The number of piperidine rings is 1. The molecule has 1 amide bonds. The molecule has 0 spiro atoms. The van der Waals surface area contributed by atoms with Crippen LogP contribution < -0.4 is 5.32 Å². The van der Waals surface area contributed by atoms with Crippen molar-refractivity contribution < 1.29 is 9.90 Å². The van der Waals surface area contributed by atoms with Crippen molar-refractivity contribution in [3.05, 3.63) is 0 Å². The van der Waals surface area contributed by atoms with E-state index in [0.29, 0.717) is 24.5 Å². The summed E-state index contributed by atoms with van der Waals surface area (Å²) in [6.07, 6.45) is 6.26. The average molecular weight is 325 g/mol. The van der Waals surface area contributed by atoms with Crippen LogP contribution in [0, 0.1) is 5.92 Å². The number of likely N-dealkylation sites (tertiary alicyclic amines) is 1. The monoisotopic (exact) mass is 325 g/mol. The third-order valence-corrected chi connectivity index (χ3v) is 5.45. The van der Waals surface area contributed by atoms with Crippen molar-refractivity contribution >= 4 is 5.91 Å². The number of carbonyl (C=O) groups excluding carboxylic acids is 1. The summed E-state index contributed by atoms with van der Waals surface area (Å²) in [5.41, 5.74) is 0. The third kappa shape index (κ3) is 6.05. The van der Waals surface area contributed by atoms with E-state index >= 15 is 0 Å². The standard InChI is InChI=1S/C18H35N3O2/c1-14(2)21-10-8-16(9-11-21)19-18(23)13-20(3)12-15-6-4-5-7-17(15)22/h14-17,22H,4-13H2,1-3H3,(H,19,23). The average Bonchev–Trinajstić information content (AvgIpc) is 2.50. The molecule has 5 nitrogen and oxygen atoms in total. The molecule has 23 heavy (non-hydrogen) atoms. The molecule has 2 unspecified atom stereocenters. The van der Waals surface area contributed by atoms with Crippen LogP contribution in [-0.4, -0.2) is 72.2 Å². The fraction of sp³-hybridized carbons (Fsp3) is 0.944. The van der Waals surface area contributed by atoms with Gasteiger partial charge < -0.3 is 15.3 Å². The molecule has 2 N–H and O–H groups in total. The predicted molar refractivity (Wildman–Crippen MR) is 93.3 cm³/mol. The van der Waals surface area contributed by atoms with E-state index in [1.54, 1.807) is 0 Å². The summed E-state index contributed by atoms with van der Waals surface area (Å²) >= 11 is 0. The van der Waals surface area contributed by atoms with Crippen LogP contribution in [0.25, 0.3) is 0 Å². The highest BCUT2D eigenvalue weighted by Gasteiger charge is 2.26. The van der Waals surface area contributed by atoms with Gasteiger partial charge in [-0.2, -0.15) is 0 Å². The lowest BCUT2D eigenvalue weighted by atomic mass is 9.86. The molecule has 2 fully saturated rings. The van der Waals surface area contributed by atoms with Gasteiger partial charge in [0.25, 0.3) is 0 Å². The van der Waals surface area contributed by atoms with Gasteiger partial charge in [-0.25, -0.2) is 0 Å². The number of aliphatic hydroxyl groups is 1. The summed E-state index contributed by atoms with van der Waals surface area (Å²) < 4.78 is 0. The predicted octanol–water partition coefficient (Wildman–Crippen LogP) is 1.46. The van der Waals surface area contributed by atoms with E-state index in [0.717, 1.165) is 51.7 Å². The topological polar surface area (TPSA) is 55.8 Å². The number of hydrogen-bond donors (Lipinski definition) is 2. The minimum atomic E-state index is -0.186. The zero-order valence-electron chi connectivity index (χ0n) is 15.1. The van der Waals surface area contributed by atoms with Gasteiger partial charge in [-0.1, -0.05) is 12.8 Å². The molecule has 0 aromatic carbocycles. The van der Waals surface area contributed by atoms with Crippen molar-refractivity contribution in [3.8, 4) is 0 Å². The number of rotatable bonds is 6. The Morgan fingerprint density at radius 1 is 1.22 bits per heavy atom. The van der Waals surface area contributed by atoms with E-state index in [9.17, 15) is 9.90 Å². The van der Waals surface area contributed by atoms with Gasteiger partial charge in [0.15, 0.2) is 0 Å². The highest BCUT2D eigenvalue weighted by molar-refractivity contribution is 5.78. The molecule has 1 aliphatic carbocycles. The van der Waals surface area contributed by atoms with Crippen LogP contribution >= 0.6 is 0 Å². The fourth-order valence-electron chi connectivity index (χ4n) is 3.94. The van der Waals surface area contributed by atoms with Crippen LogP contribution in [0.2, 0.25) is 0 Å². The second kappa shape index (κ2) is 9.00. The summed E-state index contributed by atoms with van der Waals surface area (Å²) in [5, 5.41) is 13.2. The van der Waals surface area contributed by atoms with E-state index in [2.05, 4.69) is 29.0 Å². The molecule has 2 rings (SSSR count). The number of carbonyl (C=O) groups is 1. The summed E-state index contributed by atoms with van der Waals surface area (Å²) in [7, 11) is 1.99. The quantitative estimate of drug-likeness (QED) is 0.776. The first kappa shape index (κ1) is 18.7. The van der Waals surface area contributed by atoms with Gasteiger partial charge in [-0.3, -0.25) is 9.69 Å². The van der Waals surface area contributed by atoms with Gasteiger partial charge in [0.05, 0.1) is 12.6 Å². The molecule has 2 atom stereocenters. The van der Waals surface area contributed by atoms with Gasteiger partial charge in [-0.15, -0.1) is 0 Å². The maximum absolute atomic E-state index is 12.2. The lowest BCUT2D eigenvalue weighted by Gasteiger charge is -2.35. The Morgan fingerprint density at radius 2 is 1.87 bits per heavy atom. The molecule has 1 saturated heterocycles. The number of amides is 1. The van der Waals surface area contributed by atoms with Gasteiger partial charge >= 0.3 is 0 Å². The highest BCUT2D eigenvalue weighted by atomic mass is 16.3. The SMILES string of the molecule is CC(C)N1CCC(NC(=O)CN(C)CC2CCCCC2O)CC1. The first-order valence-corrected chi connectivity index (χ1v) is 9.35. The zero-order valence-corrected chi connectivity index (χ0v) is 15.1. The van der Waals surface area contributed by atoms with Gasteiger partial charge in [0.1, 0.15) is 0 Å². The van der Waals surface area contributed by atoms with Crippen molar-refractivity contribution in [2.24, 2.45) is 5.92 Å². The first-order valence-electron chi connectivity index (χ1n) is 9.35. The molecule has 2 aliphatic rings. The molecule has 0 bridgehead atoms. The van der Waals surface area contributed by atoms with E-state index < -0.39 is 0 Å². The number of likely N-dealkylation sites (N-methyl/N-ethyl adjacent to an activating group) is 1. The summed E-state index contributed by atoms with van der Waals surface area (Å²) in [5.74, 6) is 0.455. The molecule has 1 aliphatic heterocycles. The largest absolute Gasteiger partial charge is 0.393 e. The van der Waals surface area contributed by atoms with Gasteiger partial charge in [0, 0.05) is 31.7 Å². The maximum atomic E-state index is 12.2. The summed E-state index contributed by atoms with van der Waals surface area (Å²) in [4.78, 5) is 16.8. The van der Waals surface area contributed by atoms with Crippen LogP contribution in [0.1, 0.15) is 52.4 Å². The Kier molecular flexibility index (Phi) is 7.31. The van der Waals surface area contributed by atoms with Crippen molar-refractivity contribution in [1.82, 2.24) is 15.1 Å². The maximum Gasteiger partial charge on any atom is 0.234 e. The minimum Gasteiger partial charge on any atom is -0.393 e. The lowest BCUT2D eigenvalue weighted by molar-refractivity contribution is -0.123. The molecule has 134 valence electrons. The first-order chi connectivity index (χ1) is 11.0. The van der Waals surface area contributed by atoms with Gasteiger partial charge in [-0.05, 0) is 52.5 Å². The zero-order chi connectivity index (χ0) is 16.8. The van der Waals surface area contributed by atoms with Crippen LogP contribution in [0.4, 0.5) is 0 Å². The fourth-order valence-corrected chi connectivity index (χ4v) is 3.94. The molecular weight excluding hydrogens is 290 g/mol.